The van der Waals surface area contributed by atoms with Gasteiger partial charge in [0.25, 0.3) is 0 Å². The lowest BCUT2D eigenvalue weighted by Gasteiger charge is -2.38. The van der Waals surface area contributed by atoms with Gasteiger partial charge in [-0.3, -0.25) is 14.4 Å². The van der Waals surface area contributed by atoms with Crippen molar-refractivity contribution in [3.05, 3.63) is 144 Å². The van der Waals surface area contributed by atoms with E-state index in [1.165, 1.54) is 0 Å². The number of amides is 5. The van der Waals surface area contributed by atoms with E-state index in [1.54, 1.807) is 0 Å². The van der Waals surface area contributed by atoms with Gasteiger partial charge in [-0.2, -0.15) is 0 Å². The fraction of sp³-hybridized carbons (Fsp3) is 0.396. The van der Waals surface area contributed by atoms with Crippen LogP contribution < -0.4 is 26.6 Å². The van der Waals surface area contributed by atoms with Gasteiger partial charge in [-0.1, -0.05) is 149 Å². The molecule has 5 N–H and O–H groups in total. The number of nitrogens with one attached hydrogen (secondary N) is 5. The van der Waals surface area contributed by atoms with Crippen LogP contribution in [-0.4, -0.2) is 59.6 Å². The molecule has 1 heterocycles. The summed E-state index contributed by atoms with van der Waals surface area (Å²) in [6.45, 7) is 7.53. The minimum atomic E-state index is -0.898. The van der Waals surface area contributed by atoms with Gasteiger partial charge in [-0.25, -0.2) is 9.59 Å². The van der Waals surface area contributed by atoms with Crippen LogP contribution in [0.25, 0.3) is 0 Å². The Labute approximate surface area is 353 Å². The van der Waals surface area contributed by atoms with E-state index in [9.17, 15) is 24.0 Å². The van der Waals surface area contributed by atoms with Gasteiger partial charge in [0, 0.05) is 24.0 Å². The molecule has 12 nitrogen and oxygen atoms in total. The average molecular weight is 818 g/mol. The van der Waals surface area contributed by atoms with E-state index >= 15 is 0 Å². The maximum absolute atomic E-state index is 14.1. The first-order valence-corrected chi connectivity index (χ1v) is 20.8. The molecule has 0 aromatic heterocycles. The van der Waals surface area contributed by atoms with Crippen molar-refractivity contribution in [2.24, 2.45) is 11.8 Å². The van der Waals surface area contributed by atoms with Crippen LogP contribution in [0.2, 0.25) is 0 Å². The van der Waals surface area contributed by atoms with Crippen molar-refractivity contribution in [3.8, 4) is 0 Å². The topological polar surface area (TPSA) is 164 Å². The predicted molar refractivity (Wildman–Crippen MR) is 230 cm³/mol. The lowest BCUT2D eigenvalue weighted by atomic mass is 9.80. The molecular formula is C48H59N5O7. The highest BCUT2D eigenvalue weighted by Gasteiger charge is 2.43. The highest BCUT2D eigenvalue weighted by molar-refractivity contribution is 5.87. The molecule has 318 valence electrons. The first-order valence-electron chi connectivity index (χ1n) is 20.8. The highest BCUT2D eigenvalue weighted by atomic mass is 16.6. The minimum Gasteiger partial charge on any atom is -0.445 e. The van der Waals surface area contributed by atoms with E-state index in [1.807, 2.05) is 149 Å². The monoisotopic (exact) mass is 817 g/mol. The Morgan fingerprint density at radius 3 is 1.22 bits per heavy atom. The molecule has 12 heteroatoms. The number of carbonyl (C=O) groups excluding carboxylic acids is 5. The fourth-order valence-electron chi connectivity index (χ4n) is 7.69. The lowest BCUT2D eigenvalue weighted by Crippen LogP contribution is -2.57. The normalized spacial score (nSPS) is 16.8. The van der Waals surface area contributed by atoms with Gasteiger partial charge in [-0.15, -0.1) is 0 Å². The van der Waals surface area contributed by atoms with Gasteiger partial charge in [0.2, 0.25) is 17.7 Å². The standard InChI is InChI=1S/C48H59N5O7/c1-33(2)42(51-46(57)59-31-37-21-13-7-14-22-37)44(55)49-39(27-35-17-9-5-10-18-35)29-48(26-25-41(54)53-48)30-40(28-36-19-11-6-12-20-36)50-45(56)43(34(3)4)52-47(58)60-32-38-23-15-8-16-24-38/h5-24,33-34,39-40,42-43H,25-32H2,1-4H3,(H,49,55)(H,50,56)(H,51,57)(H,52,58)(H,53,54)/t39-,40-,42?,43?,48?/m0/s1. The van der Waals surface area contributed by atoms with Crippen LogP contribution in [-0.2, 0) is 49.9 Å². The molecule has 2 unspecified atom stereocenters. The SMILES string of the molecule is CC(C)C(NC(=O)OCc1ccccc1)C(=O)N[C@@H](Cc1ccccc1)CC1(C[C@H](Cc2ccccc2)NC(=O)C(NC(=O)OCc2ccccc2)C(C)C)CCC(=O)N1. The second-order valence-corrected chi connectivity index (χ2v) is 16.4. The van der Waals surface area contributed by atoms with E-state index in [4.69, 9.17) is 9.47 Å². The Morgan fingerprint density at radius 1 is 0.550 bits per heavy atom. The van der Waals surface area contributed by atoms with Crippen molar-refractivity contribution in [3.63, 3.8) is 0 Å². The van der Waals surface area contributed by atoms with Crippen LogP contribution in [0.15, 0.2) is 121 Å². The largest absolute Gasteiger partial charge is 0.445 e. The predicted octanol–water partition coefficient (Wildman–Crippen LogP) is 6.77. The summed E-state index contributed by atoms with van der Waals surface area (Å²) in [5.74, 6) is -1.40. The van der Waals surface area contributed by atoms with Crippen LogP contribution in [0.4, 0.5) is 9.59 Å². The summed E-state index contributed by atoms with van der Waals surface area (Å²) < 4.78 is 10.9. The van der Waals surface area contributed by atoms with Crippen molar-refractivity contribution in [1.29, 1.82) is 0 Å². The molecule has 1 aliphatic rings. The minimum absolute atomic E-state index is 0.0605. The van der Waals surface area contributed by atoms with E-state index in [2.05, 4.69) is 26.6 Å². The lowest BCUT2D eigenvalue weighted by molar-refractivity contribution is -0.125. The summed E-state index contributed by atoms with van der Waals surface area (Å²) in [6.07, 6.45) is 0.952. The second-order valence-electron chi connectivity index (χ2n) is 16.4. The molecule has 4 aromatic carbocycles. The summed E-state index contributed by atoms with van der Waals surface area (Å²) in [5, 5.41) is 15.2. The first kappa shape index (κ1) is 44.9. The average Bonchev–Trinajstić information content (AvgIpc) is 3.60. The van der Waals surface area contributed by atoms with Gasteiger partial charge in [0.05, 0.1) is 0 Å². The Bertz CT molecular complexity index is 1850. The second kappa shape index (κ2) is 22.3. The van der Waals surface area contributed by atoms with E-state index in [-0.39, 0.29) is 49.2 Å². The zero-order valence-corrected chi connectivity index (χ0v) is 35.0. The van der Waals surface area contributed by atoms with Crippen LogP contribution in [0.1, 0.15) is 75.6 Å². The molecule has 4 atom stereocenters. The van der Waals surface area contributed by atoms with E-state index in [0.717, 1.165) is 22.3 Å². The number of alkyl carbamates (subject to hydrolysis) is 2. The number of hydrogen-bond donors (Lipinski definition) is 5. The molecule has 0 radical (unpaired) electrons. The molecule has 4 aromatic rings. The van der Waals surface area contributed by atoms with Crippen LogP contribution in [0, 0.1) is 11.8 Å². The fourth-order valence-corrected chi connectivity index (χ4v) is 7.69. The number of carbonyl (C=O) groups is 5. The highest BCUT2D eigenvalue weighted by Crippen LogP contribution is 2.32. The van der Waals surface area contributed by atoms with Crippen LogP contribution in [0.3, 0.4) is 0 Å². The smallest absolute Gasteiger partial charge is 0.408 e. The number of rotatable bonds is 20. The molecular weight excluding hydrogens is 759 g/mol. The summed E-state index contributed by atoms with van der Waals surface area (Å²) in [4.78, 5) is 67.3. The van der Waals surface area contributed by atoms with Gasteiger partial charge < -0.3 is 36.1 Å². The van der Waals surface area contributed by atoms with Gasteiger partial charge in [-0.05, 0) is 66.2 Å². The zero-order valence-electron chi connectivity index (χ0n) is 35.0. The van der Waals surface area contributed by atoms with Crippen molar-refractivity contribution in [1.82, 2.24) is 26.6 Å². The summed E-state index contributed by atoms with van der Waals surface area (Å²) >= 11 is 0. The molecule has 0 spiro atoms. The van der Waals surface area contributed by atoms with Crippen molar-refractivity contribution >= 4 is 29.9 Å². The molecule has 0 bridgehead atoms. The summed E-state index contributed by atoms with van der Waals surface area (Å²) in [7, 11) is 0. The molecule has 5 rings (SSSR count). The molecule has 1 fully saturated rings. The third-order valence-corrected chi connectivity index (χ3v) is 10.7. The maximum Gasteiger partial charge on any atom is 0.408 e. The Hall–Kier alpha value is -6.17. The molecule has 60 heavy (non-hydrogen) atoms. The van der Waals surface area contributed by atoms with Gasteiger partial charge >= 0.3 is 12.2 Å². The Kier molecular flexibility index (Phi) is 16.7. The van der Waals surface area contributed by atoms with Crippen molar-refractivity contribution in [2.75, 3.05) is 0 Å². The Morgan fingerprint density at radius 2 is 0.900 bits per heavy atom. The summed E-state index contributed by atoms with van der Waals surface area (Å²) in [6, 6.07) is 35.4. The first-order chi connectivity index (χ1) is 28.9. The van der Waals surface area contributed by atoms with Crippen molar-refractivity contribution in [2.45, 2.75) is 109 Å². The van der Waals surface area contributed by atoms with E-state index < -0.39 is 41.9 Å². The zero-order chi connectivity index (χ0) is 42.9. The third kappa shape index (κ3) is 14.3. The van der Waals surface area contributed by atoms with E-state index in [0.29, 0.717) is 32.1 Å². The van der Waals surface area contributed by atoms with Gasteiger partial charge in [0.15, 0.2) is 0 Å². The maximum atomic E-state index is 14.1. The molecule has 5 amide bonds. The molecule has 0 aliphatic carbocycles. The molecule has 0 saturated carbocycles. The van der Waals surface area contributed by atoms with Crippen LogP contribution in [0.5, 0.6) is 0 Å². The summed E-state index contributed by atoms with van der Waals surface area (Å²) in [5.41, 5.74) is 2.80. The quantitative estimate of drug-likeness (QED) is 0.0657. The molecule has 1 saturated heterocycles. The third-order valence-electron chi connectivity index (χ3n) is 10.7. The van der Waals surface area contributed by atoms with Crippen LogP contribution >= 0.6 is 0 Å². The van der Waals surface area contributed by atoms with Crippen molar-refractivity contribution < 1.29 is 33.4 Å². The van der Waals surface area contributed by atoms with Gasteiger partial charge in [0.1, 0.15) is 25.3 Å². The molecule has 1 aliphatic heterocycles. The number of hydrogen-bond acceptors (Lipinski definition) is 7. The Balaban J connectivity index is 1.35. The number of ether oxygens (including phenoxy) is 2. The number of benzene rings is 4.